The molecule has 1 fully saturated rings. The van der Waals surface area contributed by atoms with E-state index >= 15 is 0 Å². The van der Waals surface area contributed by atoms with E-state index in [1.807, 2.05) is 0 Å². The minimum atomic E-state index is -5.00. The van der Waals surface area contributed by atoms with Gasteiger partial charge in [0.15, 0.2) is 0 Å². The highest BCUT2D eigenvalue weighted by Crippen LogP contribution is 2.40. The number of urea groups is 1. The zero-order valence-electron chi connectivity index (χ0n) is 20.3. The topological polar surface area (TPSA) is 35.6 Å². The van der Waals surface area contributed by atoms with Crippen LogP contribution in [0.3, 0.4) is 0 Å². The summed E-state index contributed by atoms with van der Waals surface area (Å²) in [6.07, 6.45) is -9.99. The molecule has 0 saturated carbocycles. The summed E-state index contributed by atoms with van der Waals surface area (Å²) in [5, 5.41) is 3.17. The molecule has 0 aromatic heterocycles. The highest BCUT2D eigenvalue weighted by molar-refractivity contribution is 5.76. The minimum Gasteiger partial charge on any atom is -0.320 e. The molecule has 2 aromatic rings. The number of rotatable bonds is 4. The van der Waals surface area contributed by atoms with Crippen LogP contribution in [-0.2, 0) is 12.4 Å². The molecule has 36 heavy (non-hydrogen) atoms. The van der Waals surface area contributed by atoms with Gasteiger partial charge in [0.2, 0.25) is 0 Å². The molecule has 0 aliphatic carbocycles. The van der Waals surface area contributed by atoms with Crippen LogP contribution in [-0.4, -0.2) is 42.5 Å². The smallest absolute Gasteiger partial charge is 0.320 e. The summed E-state index contributed by atoms with van der Waals surface area (Å²) >= 11 is 0. The second-order valence-corrected chi connectivity index (χ2v) is 9.34. The van der Waals surface area contributed by atoms with Gasteiger partial charge in [-0.1, -0.05) is 19.9 Å². The molecular weight excluding hydrogens is 491 g/mol. The van der Waals surface area contributed by atoms with Crippen molar-refractivity contribution < 1.29 is 35.5 Å². The number of benzene rings is 2. The molecule has 2 aromatic carbocycles. The number of nitrogens with one attached hydrogen (secondary N) is 1. The van der Waals surface area contributed by atoms with Crippen LogP contribution in [0.4, 0.5) is 35.5 Å². The summed E-state index contributed by atoms with van der Waals surface area (Å²) in [6, 6.07) is 3.51. The number of carbonyl (C=O) groups is 1. The quantitative estimate of drug-likeness (QED) is 0.464. The number of carbonyl (C=O) groups excluding carboxylic acids is 1. The van der Waals surface area contributed by atoms with Gasteiger partial charge in [0, 0.05) is 26.7 Å². The Hall–Kier alpha value is -2.82. The molecule has 3 rings (SSSR count). The number of halogens is 7. The second kappa shape index (κ2) is 10.3. The number of nitrogens with zero attached hydrogens (tertiary/aromatic N) is 2. The van der Waals surface area contributed by atoms with Crippen molar-refractivity contribution in [2.45, 2.75) is 45.2 Å². The SMILES string of the molecule is Cc1cc(F)ccc1C1CNCCN1C(=O)N(C)C(c1cc(C(F)(F)F)cc(C(F)(F)F)c1)C(C)C. The van der Waals surface area contributed by atoms with Crippen LogP contribution in [0.5, 0.6) is 0 Å². The molecule has 1 heterocycles. The lowest BCUT2D eigenvalue weighted by molar-refractivity contribution is -0.143. The van der Waals surface area contributed by atoms with E-state index in [1.54, 1.807) is 26.8 Å². The molecule has 11 heteroatoms. The minimum absolute atomic E-state index is 0.0757. The number of piperazine rings is 1. The number of aryl methyl sites for hydroxylation is 1. The van der Waals surface area contributed by atoms with E-state index in [-0.39, 0.29) is 18.2 Å². The summed E-state index contributed by atoms with van der Waals surface area (Å²) in [4.78, 5) is 16.4. The van der Waals surface area contributed by atoms with Gasteiger partial charge in [0.1, 0.15) is 5.82 Å². The fourth-order valence-electron chi connectivity index (χ4n) is 4.75. The normalized spacial score (nSPS) is 17.9. The molecular formula is C25H28F7N3O. The standard InChI is InChI=1S/C25H28F7N3O/c1-14(2)22(16-10-17(24(27,28)29)12-18(11-16)25(30,31)32)34(4)23(36)35-8-7-33-13-21(35)20-6-5-19(26)9-15(20)3/h5-6,9-12,14,21-22,33H,7-8,13H2,1-4H3. The van der Waals surface area contributed by atoms with E-state index in [9.17, 15) is 35.5 Å². The molecule has 0 spiro atoms. The molecule has 2 unspecified atom stereocenters. The van der Waals surface area contributed by atoms with Crippen LogP contribution in [0.15, 0.2) is 36.4 Å². The number of hydrogen-bond acceptors (Lipinski definition) is 2. The fourth-order valence-corrected chi connectivity index (χ4v) is 4.75. The van der Waals surface area contributed by atoms with Crippen molar-refractivity contribution in [3.05, 3.63) is 70.0 Å². The average molecular weight is 520 g/mol. The molecule has 4 nitrogen and oxygen atoms in total. The van der Waals surface area contributed by atoms with Crippen LogP contribution in [0.25, 0.3) is 0 Å². The predicted octanol–water partition coefficient (Wildman–Crippen LogP) is 6.57. The van der Waals surface area contributed by atoms with Gasteiger partial charge in [-0.05, 0) is 59.9 Å². The van der Waals surface area contributed by atoms with Crippen LogP contribution in [0, 0.1) is 18.7 Å². The molecule has 1 N–H and O–H groups in total. The van der Waals surface area contributed by atoms with Gasteiger partial charge in [0.05, 0.1) is 23.2 Å². The maximum Gasteiger partial charge on any atom is 0.416 e. The second-order valence-electron chi connectivity index (χ2n) is 9.34. The van der Waals surface area contributed by atoms with E-state index in [0.717, 1.165) is 0 Å². The molecule has 1 saturated heterocycles. The van der Waals surface area contributed by atoms with Gasteiger partial charge in [-0.3, -0.25) is 0 Å². The molecule has 1 aliphatic heterocycles. The number of alkyl halides is 6. The third-order valence-corrected chi connectivity index (χ3v) is 6.38. The molecule has 0 radical (unpaired) electrons. The molecule has 2 atom stereocenters. The third kappa shape index (κ3) is 5.93. The Bertz CT molecular complexity index is 1070. The van der Waals surface area contributed by atoms with Crippen LogP contribution in [0.2, 0.25) is 0 Å². The van der Waals surface area contributed by atoms with Crippen molar-refractivity contribution in [2.75, 3.05) is 26.7 Å². The van der Waals surface area contributed by atoms with Crippen molar-refractivity contribution in [1.29, 1.82) is 0 Å². The van der Waals surface area contributed by atoms with E-state index in [4.69, 9.17) is 0 Å². The number of hydrogen-bond donors (Lipinski definition) is 1. The molecule has 198 valence electrons. The summed E-state index contributed by atoms with van der Waals surface area (Å²) < 4.78 is 94.4. The van der Waals surface area contributed by atoms with E-state index < -0.39 is 53.3 Å². The first-order valence-corrected chi connectivity index (χ1v) is 11.4. The van der Waals surface area contributed by atoms with Gasteiger partial charge in [-0.2, -0.15) is 26.3 Å². The molecule has 2 amide bonds. The first-order valence-electron chi connectivity index (χ1n) is 11.4. The highest BCUT2D eigenvalue weighted by Gasteiger charge is 2.40. The lowest BCUT2D eigenvalue weighted by Crippen LogP contribution is -2.53. The van der Waals surface area contributed by atoms with Gasteiger partial charge < -0.3 is 15.1 Å². The maximum absolute atomic E-state index is 13.6. The Morgan fingerprint density at radius 2 is 1.61 bits per heavy atom. The third-order valence-electron chi connectivity index (χ3n) is 6.38. The maximum atomic E-state index is 13.6. The van der Waals surface area contributed by atoms with E-state index in [2.05, 4.69) is 5.32 Å². The summed E-state index contributed by atoms with van der Waals surface area (Å²) in [6.45, 7) is 6.02. The zero-order valence-corrected chi connectivity index (χ0v) is 20.3. The van der Waals surface area contributed by atoms with Gasteiger partial charge >= 0.3 is 18.4 Å². The van der Waals surface area contributed by atoms with E-state index in [1.165, 1.54) is 29.0 Å². The van der Waals surface area contributed by atoms with Crippen LogP contribution in [0.1, 0.15) is 53.7 Å². The lowest BCUT2D eigenvalue weighted by Gasteiger charge is -2.42. The fraction of sp³-hybridized carbons (Fsp3) is 0.480. The number of amides is 2. The zero-order chi connectivity index (χ0) is 27.0. The van der Waals surface area contributed by atoms with Crippen LogP contribution < -0.4 is 5.32 Å². The Morgan fingerprint density at radius 3 is 2.11 bits per heavy atom. The van der Waals surface area contributed by atoms with E-state index in [0.29, 0.717) is 36.3 Å². The lowest BCUT2D eigenvalue weighted by atomic mass is 9.91. The summed E-state index contributed by atoms with van der Waals surface area (Å²) in [5.74, 6) is -0.933. The van der Waals surface area contributed by atoms with Crippen molar-refractivity contribution in [3.63, 3.8) is 0 Å². The van der Waals surface area contributed by atoms with Gasteiger partial charge in [0.25, 0.3) is 0 Å². The van der Waals surface area contributed by atoms with Gasteiger partial charge in [-0.25, -0.2) is 9.18 Å². The first-order chi connectivity index (χ1) is 16.6. The summed E-state index contributed by atoms with van der Waals surface area (Å²) in [7, 11) is 1.37. The predicted molar refractivity (Wildman–Crippen MR) is 121 cm³/mol. The van der Waals surface area contributed by atoms with Crippen molar-refractivity contribution in [2.24, 2.45) is 5.92 Å². The van der Waals surface area contributed by atoms with Gasteiger partial charge in [-0.15, -0.1) is 0 Å². The highest BCUT2D eigenvalue weighted by atomic mass is 19.4. The largest absolute Gasteiger partial charge is 0.416 e. The Kier molecular flexibility index (Phi) is 7.92. The molecule has 1 aliphatic rings. The average Bonchev–Trinajstić information content (AvgIpc) is 2.77. The summed E-state index contributed by atoms with van der Waals surface area (Å²) in [5.41, 5.74) is -1.79. The Balaban J connectivity index is 2.03. The Labute approximate surface area is 205 Å². The Morgan fingerprint density at radius 1 is 1.03 bits per heavy atom. The molecule has 0 bridgehead atoms. The van der Waals surface area contributed by atoms with Crippen LogP contribution >= 0.6 is 0 Å². The van der Waals surface area contributed by atoms with Crippen molar-refractivity contribution in [3.8, 4) is 0 Å². The first kappa shape index (κ1) is 27.8. The van der Waals surface area contributed by atoms with Crippen molar-refractivity contribution >= 4 is 6.03 Å². The monoisotopic (exact) mass is 519 g/mol. The van der Waals surface area contributed by atoms with Crippen molar-refractivity contribution in [1.82, 2.24) is 15.1 Å².